The summed E-state index contributed by atoms with van der Waals surface area (Å²) in [4.78, 5) is 10.6. The molecule has 2 aromatic heterocycles. The van der Waals surface area contributed by atoms with E-state index in [1.54, 1.807) is 11.8 Å². The first-order chi connectivity index (χ1) is 12.8. The molecule has 5 aromatic rings. The van der Waals surface area contributed by atoms with E-state index < -0.39 is 0 Å². The molecular formula is C22H16N2OS. The van der Waals surface area contributed by atoms with E-state index >= 15 is 0 Å². The summed E-state index contributed by atoms with van der Waals surface area (Å²) in [5.41, 5.74) is 2.52. The fourth-order valence-electron chi connectivity index (χ4n) is 3.18. The van der Waals surface area contributed by atoms with Crippen LogP contribution in [0.25, 0.3) is 32.8 Å². The molecule has 0 N–H and O–H groups in total. The van der Waals surface area contributed by atoms with Crippen LogP contribution in [0.1, 0.15) is 12.7 Å². The summed E-state index contributed by atoms with van der Waals surface area (Å²) in [6.07, 6.45) is 0.792. The van der Waals surface area contributed by atoms with E-state index in [1.165, 1.54) is 10.8 Å². The summed E-state index contributed by atoms with van der Waals surface area (Å²) in [5, 5.41) is 4.38. The molecule has 3 aromatic carbocycles. The number of furan rings is 1. The Kier molecular flexibility index (Phi) is 3.64. The number of aryl methyl sites for hydroxylation is 1. The molecule has 0 aliphatic heterocycles. The summed E-state index contributed by atoms with van der Waals surface area (Å²) >= 11 is 1.63. The third-order valence-electron chi connectivity index (χ3n) is 4.49. The van der Waals surface area contributed by atoms with E-state index in [9.17, 15) is 0 Å². The van der Waals surface area contributed by atoms with Gasteiger partial charge in [0.05, 0.1) is 0 Å². The van der Waals surface area contributed by atoms with Crippen LogP contribution in [-0.2, 0) is 6.42 Å². The molecule has 126 valence electrons. The molecule has 5 rings (SSSR count). The first-order valence-corrected chi connectivity index (χ1v) is 9.48. The molecule has 0 saturated heterocycles. The molecule has 0 spiro atoms. The lowest BCUT2D eigenvalue weighted by Crippen LogP contribution is -1.94. The lowest BCUT2D eigenvalue weighted by Gasteiger charge is -2.05. The Morgan fingerprint density at radius 3 is 2.58 bits per heavy atom. The highest BCUT2D eigenvalue weighted by molar-refractivity contribution is 7.99. The highest BCUT2D eigenvalue weighted by Gasteiger charge is 2.16. The topological polar surface area (TPSA) is 38.9 Å². The molecule has 0 atom stereocenters. The Hall–Kier alpha value is -2.85. The van der Waals surface area contributed by atoms with Crippen LogP contribution in [0.4, 0.5) is 0 Å². The van der Waals surface area contributed by atoms with Crippen LogP contribution >= 0.6 is 11.8 Å². The Balaban J connectivity index is 1.69. The number of benzene rings is 3. The summed E-state index contributed by atoms with van der Waals surface area (Å²) in [5.74, 6) is 0.840. The van der Waals surface area contributed by atoms with Crippen LogP contribution in [0.3, 0.4) is 0 Å². The van der Waals surface area contributed by atoms with E-state index in [0.717, 1.165) is 44.2 Å². The number of hydrogen-bond acceptors (Lipinski definition) is 4. The summed E-state index contributed by atoms with van der Waals surface area (Å²) in [7, 11) is 0. The SMILES string of the molecule is CCc1nc(Sc2ccc3ccccc3c2)c2oc3ccccc3c2n1. The Labute approximate surface area is 155 Å². The fourth-order valence-corrected chi connectivity index (χ4v) is 4.11. The van der Waals surface area contributed by atoms with Gasteiger partial charge in [0, 0.05) is 16.7 Å². The van der Waals surface area contributed by atoms with E-state index in [-0.39, 0.29) is 0 Å². The number of hydrogen-bond donors (Lipinski definition) is 0. The fraction of sp³-hybridized carbons (Fsp3) is 0.0909. The minimum Gasteiger partial charge on any atom is -0.451 e. The average Bonchev–Trinajstić information content (AvgIpc) is 3.07. The molecule has 4 heteroatoms. The van der Waals surface area contributed by atoms with E-state index in [0.29, 0.717) is 0 Å². The van der Waals surface area contributed by atoms with Gasteiger partial charge in [0.2, 0.25) is 0 Å². The minimum atomic E-state index is 0.765. The van der Waals surface area contributed by atoms with E-state index in [2.05, 4.69) is 55.5 Å². The van der Waals surface area contributed by atoms with Crippen LogP contribution in [0.15, 0.2) is 81.1 Å². The standard InChI is InChI=1S/C22H16N2OS/c1-2-19-23-20-17-9-5-6-10-18(17)25-21(20)22(24-19)26-16-12-11-14-7-3-4-8-15(14)13-16/h3-13H,2H2,1H3. The molecule has 0 unspecified atom stereocenters. The maximum absolute atomic E-state index is 6.10. The first kappa shape index (κ1) is 15.4. The van der Waals surface area contributed by atoms with Gasteiger partial charge in [-0.05, 0) is 35.0 Å². The summed E-state index contributed by atoms with van der Waals surface area (Å²) in [6.45, 7) is 2.08. The third kappa shape index (κ3) is 2.54. The molecule has 0 fully saturated rings. The Morgan fingerprint density at radius 2 is 1.69 bits per heavy atom. The second kappa shape index (κ2) is 6.15. The lowest BCUT2D eigenvalue weighted by molar-refractivity contribution is 0.651. The number of para-hydroxylation sites is 1. The van der Waals surface area contributed by atoms with Crippen molar-refractivity contribution in [2.24, 2.45) is 0 Å². The summed E-state index contributed by atoms with van der Waals surface area (Å²) < 4.78 is 6.10. The van der Waals surface area contributed by atoms with Gasteiger partial charge in [-0.2, -0.15) is 0 Å². The van der Waals surface area contributed by atoms with Crippen molar-refractivity contribution in [2.45, 2.75) is 23.3 Å². The second-order valence-electron chi connectivity index (χ2n) is 6.19. The Bertz CT molecular complexity index is 1260. The van der Waals surface area contributed by atoms with Gasteiger partial charge in [0.1, 0.15) is 22.0 Å². The summed E-state index contributed by atoms with van der Waals surface area (Å²) in [6, 6.07) is 22.9. The molecule has 3 nitrogen and oxygen atoms in total. The highest BCUT2D eigenvalue weighted by Crippen LogP contribution is 2.37. The van der Waals surface area contributed by atoms with Crippen molar-refractivity contribution < 1.29 is 4.42 Å². The van der Waals surface area contributed by atoms with Crippen LogP contribution in [0.5, 0.6) is 0 Å². The van der Waals surface area contributed by atoms with E-state index in [1.807, 2.05) is 18.2 Å². The van der Waals surface area contributed by atoms with Crippen LogP contribution in [0, 0.1) is 0 Å². The normalized spacial score (nSPS) is 11.6. The van der Waals surface area contributed by atoms with Gasteiger partial charge in [0.25, 0.3) is 0 Å². The highest BCUT2D eigenvalue weighted by atomic mass is 32.2. The zero-order valence-electron chi connectivity index (χ0n) is 14.3. The van der Waals surface area contributed by atoms with Gasteiger partial charge in [-0.25, -0.2) is 9.97 Å². The molecular weight excluding hydrogens is 340 g/mol. The first-order valence-electron chi connectivity index (χ1n) is 8.66. The molecule has 0 bridgehead atoms. The number of aromatic nitrogens is 2. The van der Waals surface area contributed by atoms with Crippen molar-refractivity contribution in [3.63, 3.8) is 0 Å². The van der Waals surface area contributed by atoms with Gasteiger partial charge in [-0.15, -0.1) is 0 Å². The van der Waals surface area contributed by atoms with Gasteiger partial charge in [-0.1, -0.05) is 61.2 Å². The monoisotopic (exact) mass is 356 g/mol. The molecule has 0 aliphatic rings. The van der Waals surface area contributed by atoms with Crippen molar-refractivity contribution in [1.29, 1.82) is 0 Å². The average molecular weight is 356 g/mol. The van der Waals surface area contributed by atoms with Crippen molar-refractivity contribution in [1.82, 2.24) is 9.97 Å². The van der Waals surface area contributed by atoms with Crippen molar-refractivity contribution in [2.75, 3.05) is 0 Å². The van der Waals surface area contributed by atoms with E-state index in [4.69, 9.17) is 14.4 Å². The second-order valence-corrected chi connectivity index (χ2v) is 7.25. The van der Waals surface area contributed by atoms with Gasteiger partial charge in [-0.3, -0.25) is 0 Å². The van der Waals surface area contributed by atoms with Crippen molar-refractivity contribution in [3.8, 4) is 0 Å². The maximum Gasteiger partial charge on any atom is 0.186 e. The van der Waals surface area contributed by atoms with Crippen molar-refractivity contribution in [3.05, 3.63) is 72.6 Å². The lowest BCUT2D eigenvalue weighted by atomic mass is 10.1. The smallest absolute Gasteiger partial charge is 0.186 e. The minimum absolute atomic E-state index is 0.765. The zero-order chi connectivity index (χ0) is 17.5. The molecule has 26 heavy (non-hydrogen) atoms. The predicted molar refractivity (Wildman–Crippen MR) is 107 cm³/mol. The molecule has 2 heterocycles. The zero-order valence-corrected chi connectivity index (χ0v) is 15.1. The predicted octanol–water partition coefficient (Wildman–Crippen LogP) is 6.24. The number of fused-ring (bicyclic) bond motifs is 4. The Morgan fingerprint density at radius 1 is 0.885 bits per heavy atom. The third-order valence-corrected chi connectivity index (χ3v) is 5.45. The van der Waals surface area contributed by atoms with Crippen molar-refractivity contribution >= 4 is 44.6 Å². The molecule has 0 aliphatic carbocycles. The van der Waals surface area contributed by atoms with Gasteiger partial charge < -0.3 is 4.42 Å². The van der Waals surface area contributed by atoms with Crippen LogP contribution < -0.4 is 0 Å². The molecule has 0 saturated carbocycles. The number of nitrogens with zero attached hydrogens (tertiary/aromatic N) is 2. The number of rotatable bonds is 3. The largest absolute Gasteiger partial charge is 0.451 e. The molecule has 0 radical (unpaired) electrons. The molecule has 0 amide bonds. The van der Waals surface area contributed by atoms with Gasteiger partial charge >= 0.3 is 0 Å². The quantitative estimate of drug-likeness (QED) is 0.359. The van der Waals surface area contributed by atoms with Crippen LogP contribution in [-0.4, -0.2) is 9.97 Å². The van der Waals surface area contributed by atoms with Crippen LogP contribution in [0.2, 0.25) is 0 Å². The van der Waals surface area contributed by atoms with Gasteiger partial charge in [0.15, 0.2) is 5.58 Å². The maximum atomic E-state index is 6.10.